The maximum atomic E-state index is 12.0. The lowest BCUT2D eigenvalue weighted by Gasteiger charge is -2.21. The first kappa shape index (κ1) is 14.1. The van der Waals surface area contributed by atoms with Crippen LogP contribution in [0.1, 0.15) is 12.8 Å². The first-order valence-corrected chi connectivity index (χ1v) is 8.87. The molecule has 9 nitrogen and oxygen atoms in total. The van der Waals surface area contributed by atoms with Gasteiger partial charge in [-0.2, -0.15) is 4.98 Å². The molecule has 2 rings (SSSR count). The first-order valence-electron chi connectivity index (χ1n) is 5.51. The van der Waals surface area contributed by atoms with Crippen molar-refractivity contribution in [2.45, 2.75) is 18.1 Å². The van der Waals surface area contributed by atoms with Gasteiger partial charge in [0, 0.05) is 0 Å². The summed E-state index contributed by atoms with van der Waals surface area (Å²) >= 11 is 0. The minimum atomic E-state index is -3.69. The van der Waals surface area contributed by atoms with Gasteiger partial charge in [-0.15, -0.1) is 5.10 Å². The molecule has 0 bridgehead atoms. The van der Waals surface area contributed by atoms with Gasteiger partial charge < -0.3 is 4.74 Å². The summed E-state index contributed by atoms with van der Waals surface area (Å²) in [6.07, 6.45) is 0.172. The molecule has 0 unspecified atom stereocenters. The van der Waals surface area contributed by atoms with Gasteiger partial charge in [0.25, 0.3) is 0 Å². The van der Waals surface area contributed by atoms with E-state index in [4.69, 9.17) is 4.74 Å². The predicted molar refractivity (Wildman–Crippen MR) is 67.2 cm³/mol. The fourth-order valence-corrected chi connectivity index (χ4v) is 4.95. The van der Waals surface area contributed by atoms with Crippen LogP contribution in [0.5, 0.6) is 6.01 Å². The zero-order valence-corrected chi connectivity index (χ0v) is 11.8. The molecule has 0 aromatic carbocycles. The van der Waals surface area contributed by atoms with E-state index in [1.54, 1.807) is 0 Å². The summed E-state index contributed by atoms with van der Waals surface area (Å²) in [5.41, 5.74) is 0. The Balaban J connectivity index is 2.06. The molecule has 0 spiro atoms. The third-order valence-electron chi connectivity index (χ3n) is 2.83. The molecular weight excluding hydrogens is 296 g/mol. The lowest BCUT2D eigenvalue weighted by Crippen LogP contribution is -2.36. The highest BCUT2D eigenvalue weighted by atomic mass is 32.2. The van der Waals surface area contributed by atoms with Crippen molar-refractivity contribution in [3.63, 3.8) is 0 Å². The van der Waals surface area contributed by atoms with Crippen LogP contribution in [0.2, 0.25) is 0 Å². The summed E-state index contributed by atoms with van der Waals surface area (Å²) in [5.74, 6) is -0.276. The van der Waals surface area contributed by atoms with E-state index < -0.39 is 25.1 Å². The van der Waals surface area contributed by atoms with Crippen LogP contribution in [0.4, 0.5) is 5.95 Å². The molecule has 1 aliphatic heterocycles. The molecule has 0 amide bonds. The number of hydrogen-bond acceptors (Lipinski definition) is 7. The van der Waals surface area contributed by atoms with Gasteiger partial charge in [-0.25, -0.2) is 21.9 Å². The SMILES string of the molecule is COc1n[nH]c(NS(=O)(=O)C2CCS(=O)(=O)CC2)n1. The van der Waals surface area contributed by atoms with Crippen LogP contribution in [0.3, 0.4) is 0 Å². The number of rotatable bonds is 4. The fraction of sp³-hybridized carbons (Fsp3) is 0.750. The minimum absolute atomic E-state index is 0.0175. The zero-order chi connectivity index (χ0) is 14.1. The largest absolute Gasteiger partial charge is 0.466 e. The van der Waals surface area contributed by atoms with Gasteiger partial charge in [-0.3, -0.25) is 4.72 Å². The molecule has 0 aliphatic carbocycles. The first-order chi connectivity index (χ1) is 8.82. The number of nitrogens with zero attached hydrogens (tertiary/aromatic N) is 2. The quantitative estimate of drug-likeness (QED) is 0.739. The van der Waals surface area contributed by atoms with Crippen molar-refractivity contribution in [3.8, 4) is 6.01 Å². The van der Waals surface area contributed by atoms with Crippen LogP contribution in [0.15, 0.2) is 0 Å². The van der Waals surface area contributed by atoms with E-state index in [9.17, 15) is 16.8 Å². The lowest BCUT2D eigenvalue weighted by molar-refractivity contribution is 0.382. The van der Waals surface area contributed by atoms with Crippen LogP contribution in [-0.2, 0) is 19.9 Å². The molecule has 11 heteroatoms. The summed E-state index contributed by atoms with van der Waals surface area (Å²) < 4.78 is 53.5. The van der Waals surface area contributed by atoms with Crippen LogP contribution < -0.4 is 9.46 Å². The van der Waals surface area contributed by atoms with Gasteiger partial charge in [0.05, 0.1) is 23.9 Å². The van der Waals surface area contributed by atoms with E-state index in [0.717, 1.165) is 0 Å². The number of sulfone groups is 1. The number of sulfonamides is 1. The van der Waals surface area contributed by atoms with Gasteiger partial charge in [0.2, 0.25) is 16.0 Å². The molecule has 19 heavy (non-hydrogen) atoms. The zero-order valence-electron chi connectivity index (χ0n) is 10.2. The van der Waals surface area contributed by atoms with Crippen LogP contribution in [-0.4, -0.2) is 55.9 Å². The fourth-order valence-electron chi connectivity index (χ4n) is 1.78. The van der Waals surface area contributed by atoms with Crippen molar-refractivity contribution in [2.24, 2.45) is 0 Å². The number of ether oxygens (including phenoxy) is 1. The number of anilines is 1. The molecule has 1 fully saturated rings. The number of aromatic nitrogens is 3. The van der Waals surface area contributed by atoms with E-state index in [0.29, 0.717) is 0 Å². The second-order valence-electron chi connectivity index (χ2n) is 4.17. The van der Waals surface area contributed by atoms with Gasteiger partial charge in [0.15, 0.2) is 0 Å². The molecule has 1 saturated heterocycles. The van der Waals surface area contributed by atoms with Gasteiger partial charge >= 0.3 is 6.01 Å². The Morgan fingerprint density at radius 3 is 2.53 bits per heavy atom. The maximum Gasteiger partial charge on any atom is 0.336 e. The average molecular weight is 310 g/mol. The smallest absolute Gasteiger partial charge is 0.336 e. The highest BCUT2D eigenvalue weighted by Gasteiger charge is 2.33. The van der Waals surface area contributed by atoms with E-state index in [1.165, 1.54) is 7.11 Å². The van der Waals surface area contributed by atoms with Crippen molar-refractivity contribution in [1.29, 1.82) is 0 Å². The molecule has 108 valence electrons. The van der Waals surface area contributed by atoms with Crippen LogP contribution in [0.25, 0.3) is 0 Å². The van der Waals surface area contributed by atoms with E-state index >= 15 is 0 Å². The number of H-pyrrole nitrogens is 1. The van der Waals surface area contributed by atoms with E-state index in [-0.39, 0.29) is 36.3 Å². The van der Waals surface area contributed by atoms with Crippen molar-refractivity contribution >= 4 is 25.8 Å². The number of methoxy groups -OCH3 is 1. The monoisotopic (exact) mass is 310 g/mol. The lowest BCUT2D eigenvalue weighted by atomic mass is 10.2. The number of nitrogens with one attached hydrogen (secondary N) is 2. The molecule has 2 heterocycles. The minimum Gasteiger partial charge on any atom is -0.466 e. The molecule has 1 aromatic heterocycles. The summed E-state index contributed by atoms with van der Waals surface area (Å²) in [4.78, 5) is 3.74. The van der Waals surface area contributed by atoms with Crippen LogP contribution >= 0.6 is 0 Å². The molecule has 0 saturated carbocycles. The topological polar surface area (TPSA) is 131 Å². The third kappa shape index (κ3) is 3.35. The van der Waals surface area contributed by atoms with Crippen molar-refractivity contribution in [1.82, 2.24) is 15.2 Å². The highest BCUT2D eigenvalue weighted by Crippen LogP contribution is 2.20. The Kier molecular flexibility index (Phi) is 3.67. The summed E-state index contributed by atoms with van der Waals surface area (Å²) in [7, 11) is -5.43. The second kappa shape index (κ2) is 4.96. The molecule has 2 N–H and O–H groups in total. The Labute approximate surface area is 110 Å². The number of hydrogen-bond donors (Lipinski definition) is 2. The molecule has 1 aliphatic rings. The summed E-state index contributed by atoms with van der Waals surface area (Å²) in [5, 5.41) is 5.24. The second-order valence-corrected chi connectivity index (χ2v) is 8.43. The van der Waals surface area contributed by atoms with Crippen LogP contribution in [0, 0.1) is 0 Å². The summed E-state index contributed by atoms with van der Waals surface area (Å²) in [6.45, 7) is 0. The van der Waals surface area contributed by atoms with Crippen molar-refractivity contribution in [2.75, 3.05) is 23.3 Å². The average Bonchev–Trinajstić information content (AvgIpc) is 2.75. The molecule has 1 aromatic rings. The standard InChI is InChI=1S/C8H14N4O5S2/c1-17-8-9-7(10-11-8)12-19(15,16)6-2-4-18(13,14)5-3-6/h6H,2-5H2,1H3,(H2,9,10,11,12). The van der Waals surface area contributed by atoms with Gasteiger partial charge in [0.1, 0.15) is 9.84 Å². The van der Waals surface area contributed by atoms with Crippen molar-refractivity contribution < 1.29 is 21.6 Å². The molecule has 0 atom stereocenters. The Bertz CT molecular complexity index is 636. The molecule has 0 radical (unpaired) electrons. The number of aromatic amines is 1. The highest BCUT2D eigenvalue weighted by molar-refractivity contribution is 7.94. The normalized spacial score (nSPS) is 20.1. The third-order valence-corrected chi connectivity index (χ3v) is 6.37. The van der Waals surface area contributed by atoms with Gasteiger partial charge in [-0.1, -0.05) is 0 Å². The summed E-state index contributed by atoms with van der Waals surface area (Å²) in [6, 6.07) is 0.0175. The van der Waals surface area contributed by atoms with E-state index in [1.807, 2.05) is 0 Å². The Morgan fingerprint density at radius 1 is 1.37 bits per heavy atom. The van der Waals surface area contributed by atoms with Gasteiger partial charge in [-0.05, 0) is 12.8 Å². The Morgan fingerprint density at radius 2 is 2.00 bits per heavy atom. The predicted octanol–water partition coefficient (Wildman–Crippen LogP) is -0.868. The van der Waals surface area contributed by atoms with Crippen molar-refractivity contribution in [3.05, 3.63) is 0 Å². The van der Waals surface area contributed by atoms with E-state index in [2.05, 4.69) is 19.9 Å². The molecular formula is C8H14N4O5S2. The Hall–Kier alpha value is -1.36. The maximum absolute atomic E-state index is 12.0.